The van der Waals surface area contributed by atoms with Crippen LogP contribution in [0.25, 0.3) is 0 Å². The monoisotopic (exact) mass is 264 g/mol. The second-order valence-corrected chi connectivity index (χ2v) is 4.27. The van der Waals surface area contributed by atoms with Gasteiger partial charge in [0.2, 0.25) is 0 Å². The highest BCUT2D eigenvalue weighted by Gasteiger charge is 2.15. The molecule has 0 amide bonds. The van der Waals surface area contributed by atoms with Crippen LogP contribution in [0.2, 0.25) is 5.02 Å². The lowest BCUT2D eigenvalue weighted by Gasteiger charge is -2.10. The van der Waals surface area contributed by atoms with Gasteiger partial charge in [-0.3, -0.25) is 0 Å². The van der Waals surface area contributed by atoms with Gasteiger partial charge in [0.25, 0.3) is 0 Å². The van der Waals surface area contributed by atoms with Crippen molar-refractivity contribution < 1.29 is 9.53 Å². The molecule has 0 atom stereocenters. The SMILES string of the molecule is COC(=O)c1cnc(C)n1Cc1ccccc1Cl. The number of methoxy groups -OCH3 is 1. The second-order valence-electron chi connectivity index (χ2n) is 3.86. The Balaban J connectivity index is 2.37. The normalized spacial score (nSPS) is 10.4. The lowest BCUT2D eigenvalue weighted by molar-refractivity contribution is 0.0588. The third kappa shape index (κ3) is 2.38. The fourth-order valence-electron chi connectivity index (χ4n) is 1.73. The minimum absolute atomic E-state index is 0.400. The summed E-state index contributed by atoms with van der Waals surface area (Å²) in [6.45, 7) is 2.33. The highest BCUT2D eigenvalue weighted by molar-refractivity contribution is 6.31. The molecular formula is C13H13ClN2O2. The number of rotatable bonds is 3. The zero-order chi connectivity index (χ0) is 13.1. The van der Waals surface area contributed by atoms with E-state index >= 15 is 0 Å². The molecule has 0 radical (unpaired) electrons. The predicted molar refractivity (Wildman–Crippen MR) is 68.9 cm³/mol. The van der Waals surface area contributed by atoms with Crippen molar-refractivity contribution in [3.63, 3.8) is 0 Å². The first-order chi connectivity index (χ1) is 8.63. The third-order valence-corrected chi connectivity index (χ3v) is 3.10. The molecule has 5 heteroatoms. The van der Waals surface area contributed by atoms with Gasteiger partial charge in [0.15, 0.2) is 0 Å². The predicted octanol–water partition coefficient (Wildman–Crippen LogP) is 2.68. The minimum Gasteiger partial charge on any atom is -0.464 e. The molecule has 1 aromatic heterocycles. The molecular weight excluding hydrogens is 252 g/mol. The van der Waals surface area contributed by atoms with Gasteiger partial charge in [-0.05, 0) is 18.6 Å². The van der Waals surface area contributed by atoms with Crippen LogP contribution in [0.15, 0.2) is 30.5 Å². The Morgan fingerprint density at radius 2 is 2.17 bits per heavy atom. The summed E-state index contributed by atoms with van der Waals surface area (Å²) in [7, 11) is 1.35. The molecule has 18 heavy (non-hydrogen) atoms. The summed E-state index contributed by atoms with van der Waals surface area (Å²) in [6.07, 6.45) is 1.51. The molecule has 0 aliphatic rings. The number of benzene rings is 1. The van der Waals surface area contributed by atoms with Gasteiger partial charge in [0.1, 0.15) is 11.5 Å². The standard InChI is InChI=1S/C13H13ClN2O2/c1-9-15-7-12(13(17)18-2)16(9)8-10-5-3-4-6-11(10)14/h3-7H,8H2,1-2H3. The zero-order valence-corrected chi connectivity index (χ0v) is 10.9. The van der Waals surface area contributed by atoms with E-state index in [4.69, 9.17) is 16.3 Å². The van der Waals surface area contributed by atoms with Crippen LogP contribution in [0.4, 0.5) is 0 Å². The molecule has 2 aromatic rings. The largest absolute Gasteiger partial charge is 0.464 e. The Morgan fingerprint density at radius 1 is 1.44 bits per heavy atom. The van der Waals surface area contributed by atoms with Crippen molar-refractivity contribution in [3.05, 3.63) is 52.6 Å². The molecule has 1 aromatic carbocycles. The lowest BCUT2D eigenvalue weighted by Crippen LogP contribution is -2.12. The summed E-state index contributed by atoms with van der Waals surface area (Å²) < 4.78 is 6.51. The number of nitrogens with zero attached hydrogens (tertiary/aromatic N) is 2. The molecule has 0 N–H and O–H groups in total. The third-order valence-electron chi connectivity index (χ3n) is 2.74. The quantitative estimate of drug-likeness (QED) is 0.801. The fourth-order valence-corrected chi connectivity index (χ4v) is 1.93. The summed E-state index contributed by atoms with van der Waals surface area (Å²) in [5.41, 5.74) is 1.36. The van der Waals surface area contributed by atoms with E-state index in [1.165, 1.54) is 13.3 Å². The average Bonchev–Trinajstić information content (AvgIpc) is 2.73. The highest BCUT2D eigenvalue weighted by atomic mass is 35.5. The summed E-state index contributed by atoms with van der Waals surface area (Å²) in [5, 5.41) is 0.668. The van der Waals surface area contributed by atoms with Gasteiger partial charge < -0.3 is 9.30 Å². The second kappa shape index (κ2) is 5.23. The first kappa shape index (κ1) is 12.6. The number of carbonyl (C=O) groups excluding carboxylic acids is 1. The van der Waals surface area contributed by atoms with E-state index in [-0.39, 0.29) is 0 Å². The number of imidazole rings is 1. The van der Waals surface area contributed by atoms with Crippen LogP contribution in [0.3, 0.4) is 0 Å². The number of hydrogen-bond donors (Lipinski definition) is 0. The maximum atomic E-state index is 11.6. The molecule has 0 aliphatic heterocycles. The Bertz CT molecular complexity index is 578. The van der Waals surface area contributed by atoms with E-state index in [9.17, 15) is 4.79 Å². The highest BCUT2D eigenvalue weighted by Crippen LogP contribution is 2.18. The smallest absolute Gasteiger partial charge is 0.356 e. The van der Waals surface area contributed by atoms with Crippen molar-refractivity contribution in [1.82, 2.24) is 9.55 Å². The van der Waals surface area contributed by atoms with E-state index in [1.54, 1.807) is 4.57 Å². The maximum Gasteiger partial charge on any atom is 0.356 e. The minimum atomic E-state index is -0.400. The van der Waals surface area contributed by atoms with Crippen molar-refractivity contribution in [3.8, 4) is 0 Å². The van der Waals surface area contributed by atoms with E-state index in [0.29, 0.717) is 17.3 Å². The van der Waals surface area contributed by atoms with E-state index in [1.807, 2.05) is 31.2 Å². The van der Waals surface area contributed by atoms with Crippen molar-refractivity contribution in [2.45, 2.75) is 13.5 Å². The Labute approximate surface area is 110 Å². The van der Waals surface area contributed by atoms with E-state index < -0.39 is 5.97 Å². The van der Waals surface area contributed by atoms with Gasteiger partial charge in [-0.1, -0.05) is 29.8 Å². The summed E-state index contributed by atoms with van der Waals surface area (Å²) in [6, 6.07) is 7.52. The molecule has 0 spiro atoms. The van der Waals surface area contributed by atoms with Crippen LogP contribution >= 0.6 is 11.6 Å². The van der Waals surface area contributed by atoms with Gasteiger partial charge in [-0.15, -0.1) is 0 Å². The molecule has 0 fully saturated rings. The van der Waals surface area contributed by atoms with Crippen molar-refractivity contribution >= 4 is 17.6 Å². The number of hydrogen-bond acceptors (Lipinski definition) is 3. The van der Waals surface area contributed by atoms with Gasteiger partial charge >= 0.3 is 5.97 Å². The molecule has 1 heterocycles. The van der Waals surface area contributed by atoms with Gasteiger partial charge in [-0.2, -0.15) is 0 Å². The number of carbonyl (C=O) groups is 1. The van der Waals surface area contributed by atoms with Crippen LogP contribution in [-0.2, 0) is 11.3 Å². The average molecular weight is 265 g/mol. The van der Waals surface area contributed by atoms with Crippen LogP contribution in [0.1, 0.15) is 21.9 Å². The zero-order valence-electron chi connectivity index (χ0n) is 10.2. The maximum absolute atomic E-state index is 11.6. The number of ether oxygens (including phenoxy) is 1. The summed E-state index contributed by atoms with van der Waals surface area (Å²) in [5.74, 6) is 0.345. The van der Waals surface area contributed by atoms with E-state index in [2.05, 4.69) is 4.98 Å². The summed E-state index contributed by atoms with van der Waals surface area (Å²) in [4.78, 5) is 15.7. The molecule has 0 bridgehead atoms. The first-order valence-corrected chi connectivity index (χ1v) is 5.85. The molecule has 0 unspecified atom stereocenters. The van der Waals surface area contributed by atoms with Crippen LogP contribution in [0.5, 0.6) is 0 Å². The Kier molecular flexibility index (Phi) is 3.67. The molecule has 0 aliphatic carbocycles. The number of halogens is 1. The van der Waals surface area contributed by atoms with Gasteiger partial charge in [-0.25, -0.2) is 9.78 Å². The molecule has 2 rings (SSSR count). The van der Waals surface area contributed by atoms with E-state index in [0.717, 1.165) is 11.4 Å². The van der Waals surface area contributed by atoms with Crippen molar-refractivity contribution in [1.29, 1.82) is 0 Å². The van der Waals surface area contributed by atoms with Gasteiger partial charge in [0, 0.05) is 5.02 Å². The molecule has 0 saturated heterocycles. The molecule has 94 valence electrons. The molecule has 4 nitrogen and oxygen atoms in total. The topological polar surface area (TPSA) is 44.1 Å². The van der Waals surface area contributed by atoms with Crippen molar-refractivity contribution in [2.24, 2.45) is 0 Å². The molecule has 0 saturated carbocycles. The van der Waals surface area contributed by atoms with Crippen LogP contribution < -0.4 is 0 Å². The lowest BCUT2D eigenvalue weighted by atomic mass is 10.2. The summed E-state index contributed by atoms with van der Waals surface area (Å²) >= 11 is 6.11. The Morgan fingerprint density at radius 3 is 2.83 bits per heavy atom. The van der Waals surface area contributed by atoms with Crippen LogP contribution in [0, 0.1) is 6.92 Å². The fraction of sp³-hybridized carbons (Fsp3) is 0.231. The first-order valence-electron chi connectivity index (χ1n) is 5.47. The van der Waals surface area contributed by atoms with Gasteiger partial charge in [0.05, 0.1) is 19.9 Å². The number of aryl methyl sites for hydroxylation is 1. The van der Waals surface area contributed by atoms with Crippen molar-refractivity contribution in [2.75, 3.05) is 7.11 Å². The van der Waals surface area contributed by atoms with Crippen LogP contribution in [-0.4, -0.2) is 22.6 Å². The number of esters is 1. The Hall–Kier alpha value is -1.81. The number of aromatic nitrogens is 2.